The number of thioether (sulfide) groups is 1. The zero-order chi connectivity index (χ0) is 20.7. The molecule has 0 aliphatic carbocycles. The largest absolute Gasteiger partial charge is 0.454 e. The highest BCUT2D eigenvalue weighted by atomic mass is 35.5. The van der Waals surface area contributed by atoms with Crippen molar-refractivity contribution in [2.24, 2.45) is 4.99 Å². The summed E-state index contributed by atoms with van der Waals surface area (Å²) in [7, 11) is 0. The van der Waals surface area contributed by atoms with Crippen molar-refractivity contribution in [1.29, 1.82) is 0 Å². The fourth-order valence-electron chi connectivity index (χ4n) is 2.79. The highest BCUT2D eigenvalue weighted by molar-refractivity contribution is 8.18. The normalized spacial score (nSPS) is 17.7. The SMILES string of the molecule is O=C1NC(=Nc2nnc(-c3c(F)cccc3Cl)s2)SC1=Cc1ccc2c(c1)OCO2. The first-order valence-corrected chi connectivity index (χ1v) is 10.5. The summed E-state index contributed by atoms with van der Waals surface area (Å²) in [5.41, 5.74) is 0.972. The summed E-state index contributed by atoms with van der Waals surface area (Å²) in [4.78, 5) is 17.1. The Morgan fingerprint density at radius 1 is 1.20 bits per heavy atom. The first kappa shape index (κ1) is 19.0. The van der Waals surface area contributed by atoms with Gasteiger partial charge in [-0.25, -0.2) is 4.39 Å². The van der Waals surface area contributed by atoms with Gasteiger partial charge in [0, 0.05) is 0 Å². The maximum Gasteiger partial charge on any atom is 0.264 e. The van der Waals surface area contributed by atoms with E-state index in [4.69, 9.17) is 21.1 Å². The van der Waals surface area contributed by atoms with Gasteiger partial charge in [-0.15, -0.1) is 10.2 Å². The molecule has 0 saturated carbocycles. The Hall–Kier alpha value is -2.95. The van der Waals surface area contributed by atoms with E-state index >= 15 is 0 Å². The zero-order valence-electron chi connectivity index (χ0n) is 14.9. The molecule has 0 radical (unpaired) electrons. The molecule has 0 bridgehead atoms. The smallest absolute Gasteiger partial charge is 0.264 e. The monoisotopic (exact) mass is 460 g/mol. The summed E-state index contributed by atoms with van der Waals surface area (Å²) < 4.78 is 24.7. The van der Waals surface area contributed by atoms with E-state index in [1.54, 1.807) is 24.3 Å². The number of carbonyl (C=O) groups excluding carboxylic acids is 1. The molecule has 0 spiro atoms. The summed E-state index contributed by atoms with van der Waals surface area (Å²) in [5, 5.41) is 11.8. The van der Waals surface area contributed by atoms with Crippen LogP contribution in [0.1, 0.15) is 5.56 Å². The molecule has 150 valence electrons. The van der Waals surface area contributed by atoms with Gasteiger partial charge in [0.1, 0.15) is 5.82 Å². The molecule has 11 heteroatoms. The average molecular weight is 461 g/mol. The van der Waals surface area contributed by atoms with Gasteiger partial charge in [-0.1, -0.05) is 35.1 Å². The maximum absolute atomic E-state index is 14.1. The van der Waals surface area contributed by atoms with E-state index in [0.717, 1.165) is 16.9 Å². The number of hydrogen-bond acceptors (Lipinski definition) is 8. The number of nitrogens with zero attached hydrogens (tertiary/aromatic N) is 3. The van der Waals surface area contributed by atoms with Crippen molar-refractivity contribution in [3.05, 3.63) is 57.7 Å². The minimum Gasteiger partial charge on any atom is -0.454 e. The van der Waals surface area contributed by atoms with E-state index in [-0.39, 0.29) is 28.4 Å². The standard InChI is InChI=1S/C19H10ClFN4O3S2/c20-10-2-1-3-11(21)15(10)17-24-25-19(30-17)23-18-22-16(26)14(29-18)7-9-4-5-12-13(6-9)28-8-27-12/h1-7H,8H2,(H,22,23,25,26). The predicted octanol–water partition coefficient (Wildman–Crippen LogP) is 4.62. The van der Waals surface area contributed by atoms with Crippen molar-refractivity contribution in [2.75, 3.05) is 6.79 Å². The van der Waals surface area contributed by atoms with Crippen LogP contribution < -0.4 is 14.8 Å². The first-order chi connectivity index (χ1) is 14.6. The quantitative estimate of drug-likeness (QED) is 0.574. The number of nitrogens with one attached hydrogen (secondary N) is 1. The molecule has 1 fully saturated rings. The van der Waals surface area contributed by atoms with Crippen molar-refractivity contribution >= 4 is 57.0 Å². The van der Waals surface area contributed by atoms with E-state index in [2.05, 4.69) is 20.5 Å². The van der Waals surface area contributed by atoms with Crippen LogP contribution in [0.5, 0.6) is 11.5 Å². The molecule has 0 unspecified atom stereocenters. The van der Waals surface area contributed by atoms with E-state index in [0.29, 0.717) is 26.6 Å². The van der Waals surface area contributed by atoms with E-state index in [1.807, 2.05) is 6.07 Å². The second-order valence-electron chi connectivity index (χ2n) is 6.08. The van der Waals surface area contributed by atoms with Crippen LogP contribution in [0.4, 0.5) is 9.52 Å². The molecule has 7 nitrogen and oxygen atoms in total. The third kappa shape index (κ3) is 3.64. The Balaban J connectivity index is 1.38. The number of aromatic nitrogens is 2. The van der Waals surface area contributed by atoms with Gasteiger partial charge < -0.3 is 14.8 Å². The topological polar surface area (TPSA) is 85.7 Å². The van der Waals surface area contributed by atoms with E-state index < -0.39 is 5.82 Å². The number of hydrogen-bond donors (Lipinski definition) is 1. The van der Waals surface area contributed by atoms with Crippen LogP contribution in [0, 0.1) is 5.82 Å². The number of ether oxygens (including phenoxy) is 2. The van der Waals surface area contributed by atoms with Crippen molar-refractivity contribution in [3.63, 3.8) is 0 Å². The van der Waals surface area contributed by atoms with Gasteiger partial charge in [-0.3, -0.25) is 4.79 Å². The number of aliphatic imine (C=N–C) groups is 1. The van der Waals surface area contributed by atoms with Crippen LogP contribution in [0.25, 0.3) is 16.6 Å². The molecular weight excluding hydrogens is 451 g/mol. The lowest BCUT2D eigenvalue weighted by atomic mass is 10.2. The highest BCUT2D eigenvalue weighted by Crippen LogP contribution is 2.37. The molecule has 1 aromatic heterocycles. The molecule has 1 saturated heterocycles. The minimum absolute atomic E-state index is 0.176. The molecular formula is C19H10ClFN4O3S2. The van der Waals surface area contributed by atoms with Crippen LogP contribution in [0.3, 0.4) is 0 Å². The van der Waals surface area contributed by atoms with Gasteiger partial charge in [-0.2, -0.15) is 4.99 Å². The van der Waals surface area contributed by atoms with Crippen LogP contribution in [0.15, 0.2) is 46.3 Å². The summed E-state index contributed by atoms with van der Waals surface area (Å²) in [6.07, 6.45) is 1.73. The summed E-state index contributed by atoms with van der Waals surface area (Å²) in [6.45, 7) is 0.184. The van der Waals surface area contributed by atoms with Crippen LogP contribution in [0.2, 0.25) is 5.02 Å². The third-order valence-corrected chi connectivity index (χ3v) is 6.19. The van der Waals surface area contributed by atoms with Crippen molar-refractivity contribution in [1.82, 2.24) is 15.5 Å². The van der Waals surface area contributed by atoms with Gasteiger partial charge >= 0.3 is 0 Å². The Morgan fingerprint density at radius 3 is 2.93 bits per heavy atom. The Morgan fingerprint density at radius 2 is 2.07 bits per heavy atom. The third-order valence-electron chi connectivity index (χ3n) is 4.13. The number of amidine groups is 1. The lowest BCUT2D eigenvalue weighted by molar-refractivity contribution is -0.115. The predicted molar refractivity (Wildman–Crippen MR) is 114 cm³/mol. The lowest BCUT2D eigenvalue weighted by Crippen LogP contribution is -2.19. The molecule has 3 aromatic rings. The summed E-state index contributed by atoms with van der Waals surface area (Å²) >= 11 is 8.31. The van der Waals surface area contributed by atoms with Gasteiger partial charge in [0.05, 0.1) is 15.5 Å². The van der Waals surface area contributed by atoms with Gasteiger partial charge in [0.15, 0.2) is 21.7 Å². The molecule has 3 heterocycles. The number of amides is 1. The fourth-order valence-corrected chi connectivity index (χ4v) is 4.76. The lowest BCUT2D eigenvalue weighted by Gasteiger charge is -1.99. The highest BCUT2D eigenvalue weighted by Gasteiger charge is 2.25. The van der Waals surface area contributed by atoms with Gasteiger partial charge in [0.2, 0.25) is 11.9 Å². The summed E-state index contributed by atoms with van der Waals surface area (Å²) in [5.74, 6) is 0.536. The molecule has 1 amide bonds. The fraction of sp³-hybridized carbons (Fsp3) is 0.0526. The van der Waals surface area contributed by atoms with Crippen LogP contribution in [-0.2, 0) is 4.79 Å². The van der Waals surface area contributed by atoms with E-state index in [1.165, 1.54) is 23.9 Å². The molecule has 5 rings (SSSR count). The van der Waals surface area contributed by atoms with Crippen molar-refractivity contribution < 1.29 is 18.7 Å². The van der Waals surface area contributed by atoms with Crippen molar-refractivity contribution in [2.45, 2.75) is 0 Å². The Kier molecular flexibility index (Phi) is 4.89. The van der Waals surface area contributed by atoms with Crippen LogP contribution >= 0.6 is 34.7 Å². The van der Waals surface area contributed by atoms with Crippen molar-refractivity contribution in [3.8, 4) is 22.1 Å². The summed E-state index contributed by atoms with van der Waals surface area (Å²) in [6, 6.07) is 9.81. The minimum atomic E-state index is -0.490. The molecule has 2 aliphatic heterocycles. The van der Waals surface area contributed by atoms with Crippen LogP contribution in [-0.4, -0.2) is 28.1 Å². The number of benzene rings is 2. The molecule has 30 heavy (non-hydrogen) atoms. The first-order valence-electron chi connectivity index (χ1n) is 8.54. The number of carbonyl (C=O) groups is 1. The maximum atomic E-state index is 14.1. The number of rotatable bonds is 3. The zero-order valence-corrected chi connectivity index (χ0v) is 17.3. The second-order valence-corrected chi connectivity index (χ2v) is 8.47. The second kappa shape index (κ2) is 7.71. The molecule has 1 N–H and O–H groups in total. The van der Waals surface area contributed by atoms with Gasteiger partial charge in [-0.05, 0) is 47.7 Å². The molecule has 0 atom stereocenters. The number of halogens is 2. The molecule has 2 aliphatic rings. The van der Waals surface area contributed by atoms with Gasteiger partial charge in [0.25, 0.3) is 5.91 Å². The van der Waals surface area contributed by atoms with E-state index in [9.17, 15) is 9.18 Å². The Bertz CT molecular complexity index is 1220. The number of fused-ring (bicyclic) bond motifs is 1. The molecule has 2 aromatic carbocycles. The Labute approximate surface area is 182 Å². The average Bonchev–Trinajstić information content (AvgIpc) is 3.43.